The monoisotopic (exact) mass is 328 g/mol. The molecule has 0 unspecified atom stereocenters. The van der Waals surface area contributed by atoms with Gasteiger partial charge in [-0.3, -0.25) is 10.4 Å². The second kappa shape index (κ2) is 6.33. The SMILES string of the molecule is NC(=NO)c1cn[nH]c1NC(=O)Nc1cc(Cl)ccc1Cl. The van der Waals surface area contributed by atoms with Gasteiger partial charge in [0.25, 0.3) is 0 Å². The Balaban J connectivity index is 2.12. The first-order valence-corrected chi connectivity index (χ1v) is 6.31. The van der Waals surface area contributed by atoms with Crippen LogP contribution in [-0.4, -0.2) is 27.3 Å². The Morgan fingerprint density at radius 3 is 2.86 bits per heavy atom. The van der Waals surface area contributed by atoms with E-state index in [-0.39, 0.29) is 17.2 Å². The van der Waals surface area contributed by atoms with Crippen molar-refractivity contribution in [2.45, 2.75) is 0 Å². The maximum absolute atomic E-state index is 11.9. The molecular formula is C11H10Cl2N6O2. The number of urea groups is 1. The fourth-order valence-corrected chi connectivity index (χ4v) is 1.83. The minimum Gasteiger partial charge on any atom is -0.409 e. The van der Waals surface area contributed by atoms with Gasteiger partial charge >= 0.3 is 6.03 Å². The molecule has 1 heterocycles. The summed E-state index contributed by atoms with van der Waals surface area (Å²) in [4.78, 5) is 11.9. The predicted molar refractivity (Wildman–Crippen MR) is 80.2 cm³/mol. The van der Waals surface area contributed by atoms with Crippen LogP contribution in [-0.2, 0) is 0 Å². The molecule has 2 aromatic rings. The van der Waals surface area contributed by atoms with Gasteiger partial charge in [0.15, 0.2) is 5.84 Å². The lowest BCUT2D eigenvalue weighted by molar-refractivity contribution is 0.262. The molecule has 0 atom stereocenters. The van der Waals surface area contributed by atoms with Gasteiger partial charge in [0, 0.05) is 5.02 Å². The van der Waals surface area contributed by atoms with E-state index in [4.69, 9.17) is 34.1 Å². The molecule has 6 N–H and O–H groups in total. The fourth-order valence-electron chi connectivity index (χ4n) is 1.49. The number of H-pyrrole nitrogens is 1. The van der Waals surface area contributed by atoms with Gasteiger partial charge in [-0.05, 0) is 18.2 Å². The van der Waals surface area contributed by atoms with Crippen LogP contribution in [0.25, 0.3) is 0 Å². The average molecular weight is 329 g/mol. The van der Waals surface area contributed by atoms with Crippen molar-refractivity contribution in [1.82, 2.24) is 10.2 Å². The highest BCUT2D eigenvalue weighted by atomic mass is 35.5. The number of halogens is 2. The smallest absolute Gasteiger partial charge is 0.324 e. The van der Waals surface area contributed by atoms with E-state index in [1.165, 1.54) is 12.3 Å². The van der Waals surface area contributed by atoms with Gasteiger partial charge in [-0.15, -0.1) is 0 Å². The highest BCUT2D eigenvalue weighted by Gasteiger charge is 2.13. The standard InChI is InChI=1S/C11H10Cl2N6O2/c12-5-1-2-7(13)8(3-5)16-11(20)17-10-6(4-15-18-10)9(14)19-21/h1-4,21H,(H2,14,19)(H3,15,16,17,18,20). The minimum absolute atomic E-state index is 0.168. The van der Waals surface area contributed by atoms with Crippen LogP contribution in [0.1, 0.15) is 5.56 Å². The topological polar surface area (TPSA) is 128 Å². The zero-order valence-corrected chi connectivity index (χ0v) is 11.9. The zero-order valence-electron chi connectivity index (χ0n) is 10.4. The molecule has 1 aromatic carbocycles. The van der Waals surface area contributed by atoms with E-state index in [9.17, 15) is 4.79 Å². The minimum atomic E-state index is -0.601. The van der Waals surface area contributed by atoms with Crippen molar-refractivity contribution in [2.24, 2.45) is 10.9 Å². The lowest BCUT2D eigenvalue weighted by Gasteiger charge is -2.09. The first-order chi connectivity index (χ1) is 10.0. The number of amides is 2. The van der Waals surface area contributed by atoms with E-state index in [1.54, 1.807) is 12.1 Å². The molecular weight excluding hydrogens is 319 g/mol. The number of rotatable bonds is 3. The normalized spacial score (nSPS) is 11.2. The summed E-state index contributed by atoms with van der Waals surface area (Å²) in [7, 11) is 0. The molecule has 2 amide bonds. The molecule has 0 saturated carbocycles. The van der Waals surface area contributed by atoms with Crippen molar-refractivity contribution in [1.29, 1.82) is 0 Å². The third-order valence-electron chi connectivity index (χ3n) is 2.44. The molecule has 0 bridgehead atoms. The van der Waals surface area contributed by atoms with E-state index < -0.39 is 6.03 Å². The van der Waals surface area contributed by atoms with Crippen LogP contribution in [0.5, 0.6) is 0 Å². The molecule has 0 saturated heterocycles. The Kier molecular flexibility index (Phi) is 4.51. The Bertz CT molecular complexity index is 700. The van der Waals surface area contributed by atoms with E-state index in [0.717, 1.165) is 0 Å². The lowest BCUT2D eigenvalue weighted by atomic mass is 10.3. The molecule has 2 rings (SSSR count). The number of oxime groups is 1. The summed E-state index contributed by atoms with van der Waals surface area (Å²) < 4.78 is 0. The molecule has 8 nitrogen and oxygen atoms in total. The van der Waals surface area contributed by atoms with Crippen LogP contribution < -0.4 is 16.4 Å². The molecule has 0 aliphatic heterocycles. The van der Waals surface area contributed by atoms with Crippen LogP contribution in [0.3, 0.4) is 0 Å². The fraction of sp³-hybridized carbons (Fsp3) is 0. The number of aromatic amines is 1. The maximum atomic E-state index is 11.9. The molecule has 0 radical (unpaired) electrons. The molecule has 110 valence electrons. The highest BCUT2D eigenvalue weighted by molar-refractivity contribution is 6.35. The van der Waals surface area contributed by atoms with E-state index in [1.807, 2.05) is 0 Å². The highest BCUT2D eigenvalue weighted by Crippen LogP contribution is 2.25. The number of benzene rings is 1. The summed E-state index contributed by atoms with van der Waals surface area (Å²) in [5.41, 5.74) is 6.02. The number of amidine groups is 1. The number of nitrogens with zero attached hydrogens (tertiary/aromatic N) is 2. The Morgan fingerprint density at radius 1 is 1.38 bits per heavy atom. The van der Waals surface area contributed by atoms with Crippen LogP contribution in [0, 0.1) is 0 Å². The van der Waals surface area contributed by atoms with Gasteiger partial charge in [0.05, 0.1) is 22.5 Å². The Hall–Kier alpha value is -2.45. The third kappa shape index (κ3) is 3.56. The van der Waals surface area contributed by atoms with E-state index in [0.29, 0.717) is 15.7 Å². The van der Waals surface area contributed by atoms with Crippen molar-refractivity contribution in [3.8, 4) is 0 Å². The largest absolute Gasteiger partial charge is 0.409 e. The van der Waals surface area contributed by atoms with Gasteiger partial charge in [-0.2, -0.15) is 5.10 Å². The maximum Gasteiger partial charge on any atom is 0.324 e. The first-order valence-electron chi connectivity index (χ1n) is 5.55. The van der Waals surface area contributed by atoms with Crippen LogP contribution in [0.4, 0.5) is 16.3 Å². The van der Waals surface area contributed by atoms with Crippen LogP contribution >= 0.6 is 23.2 Å². The molecule has 21 heavy (non-hydrogen) atoms. The first kappa shape index (κ1) is 14.9. The van der Waals surface area contributed by atoms with Gasteiger partial charge in [0.1, 0.15) is 5.82 Å². The number of anilines is 2. The number of aromatic nitrogens is 2. The molecule has 0 aliphatic rings. The number of carbonyl (C=O) groups excluding carboxylic acids is 1. The molecule has 0 spiro atoms. The van der Waals surface area contributed by atoms with Crippen molar-refractivity contribution >= 4 is 46.6 Å². The quantitative estimate of drug-likeness (QED) is 0.256. The number of carbonyl (C=O) groups is 1. The van der Waals surface area contributed by atoms with Crippen molar-refractivity contribution in [3.63, 3.8) is 0 Å². The summed E-state index contributed by atoms with van der Waals surface area (Å²) in [5.74, 6) is -0.0270. The Morgan fingerprint density at radius 2 is 2.14 bits per heavy atom. The predicted octanol–water partition coefficient (Wildman–Crippen LogP) is 2.46. The summed E-state index contributed by atoms with van der Waals surface area (Å²) in [6, 6.07) is 4.05. The average Bonchev–Trinajstić information content (AvgIpc) is 2.90. The van der Waals surface area contributed by atoms with Gasteiger partial charge in [0.2, 0.25) is 0 Å². The van der Waals surface area contributed by atoms with Crippen LogP contribution in [0.2, 0.25) is 10.0 Å². The molecule has 1 aromatic heterocycles. The van der Waals surface area contributed by atoms with E-state index >= 15 is 0 Å². The van der Waals surface area contributed by atoms with E-state index in [2.05, 4.69) is 26.0 Å². The summed E-state index contributed by atoms with van der Waals surface area (Å²) in [6.45, 7) is 0. The zero-order chi connectivity index (χ0) is 15.4. The lowest BCUT2D eigenvalue weighted by Crippen LogP contribution is -2.22. The van der Waals surface area contributed by atoms with Crippen molar-refractivity contribution in [3.05, 3.63) is 40.0 Å². The second-order valence-electron chi connectivity index (χ2n) is 3.85. The summed E-state index contributed by atoms with van der Waals surface area (Å²) in [5, 5.41) is 23.4. The number of nitrogens with two attached hydrogens (primary N) is 1. The summed E-state index contributed by atoms with van der Waals surface area (Å²) in [6.07, 6.45) is 1.30. The molecule has 10 heteroatoms. The molecule has 0 fully saturated rings. The summed E-state index contributed by atoms with van der Waals surface area (Å²) >= 11 is 11.8. The molecule has 0 aliphatic carbocycles. The van der Waals surface area contributed by atoms with Gasteiger partial charge < -0.3 is 16.3 Å². The number of nitrogens with one attached hydrogen (secondary N) is 3. The van der Waals surface area contributed by atoms with Gasteiger partial charge in [-0.25, -0.2) is 4.79 Å². The second-order valence-corrected chi connectivity index (χ2v) is 4.69. The van der Waals surface area contributed by atoms with Crippen molar-refractivity contribution < 1.29 is 10.0 Å². The Labute approximate surface area is 128 Å². The van der Waals surface area contributed by atoms with Crippen molar-refractivity contribution in [2.75, 3.05) is 10.6 Å². The third-order valence-corrected chi connectivity index (χ3v) is 3.00. The van der Waals surface area contributed by atoms with Crippen LogP contribution in [0.15, 0.2) is 29.6 Å². The van der Waals surface area contributed by atoms with Gasteiger partial charge in [-0.1, -0.05) is 28.4 Å². The number of hydrogen-bond acceptors (Lipinski definition) is 4. The number of hydrogen-bond donors (Lipinski definition) is 5.